The highest BCUT2D eigenvalue weighted by molar-refractivity contribution is 8.44. The Balaban J connectivity index is 1.17. The fourth-order valence-corrected chi connectivity index (χ4v) is 8.61. The summed E-state index contributed by atoms with van der Waals surface area (Å²) in [5.74, 6) is 0. The maximum Gasteiger partial charge on any atom is 0.386 e. The number of imidazole rings is 2. The van der Waals surface area contributed by atoms with E-state index < -0.39 is 81.4 Å². The van der Waals surface area contributed by atoms with Gasteiger partial charge in [0.25, 0.3) is 5.56 Å². The number of hydrogen-bond donors (Lipinski definition) is 4. The molecule has 3 saturated heterocycles. The number of aliphatic hydroxyl groups is 1. The molecule has 3 aliphatic rings. The monoisotopic (exact) mass is 744 g/mol. The second kappa shape index (κ2) is 11.9. The molecular weight excluding hydrogens is 724 g/mol. The highest BCUT2D eigenvalue weighted by Crippen LogP contribution is 2.58. The van der Waals surface area contributed by atoms with E-state index in [1.54, 1.807) is 0 Å². The van der Waals surface area contributed by atoms with E-state index in [1.807, 2.05) is 0 Å². The quantitative estimate of drug-likeness (QED) is 0.173. The number of nitrogens with zero attached hydrogens (tertiary/aromatic N) is 5. The lowest BCUT2D eigenvalue weighted by Gasteiger charge is -2.29. The summed E-state index contributed by atoms with van der Waals surface area (Å²) in [5, 5.41) is 11.8. The smallest absolute Gasteiger partial charge is 0.386 e. The molecule has 1 aromatic carbocycles. The minimum atomic E-state index is -4.36. The zero-order valence-corrected chi connectivity index (χ0v) is 27.2. The summed E-state index contributed by atoms with van der Waals surface area (Å²) in [6.07, 6.45) is -8.09. The van der Waals surface area contributed by atoms with E-state index in [-0.39, 0.29) is 21.2 Å². The van der Waals surface area contributed by atoms with Crippen LogP contribution in [-0.2, 0) is 43.9 Å². The molecule has 3 aromatic heterocycles. The molecule has 0 saturated carbocycles. The van der Waals surface area contributed by atoms with Gasteiger partial charge in [0.1, 0.15) is 30.5 Å². The average molecular weight is 745 g/mol. The van der Waals surface area contributed by atoms with Crippen LogP contribution in [0.5, 0.6) is 0 Å². The summed E-state index contributed by atoms with van der Waals surface area (Å²) in [5.41, 5.74) is 0.279. The molecule has 6 unspecified atom stereocenters. The third-order valence-corrected chi connectivity index (χ3v) is 11.3. The van der Waals surface area contributed by atoms with Crippen molar-refractivity contribution in [1.82, 2.24) is 29.1 Å². The van der Waals surface area contributed by atoms with Crippen molar-refractivity contribution in [1.29, 1.82) is 0 Å². The largest absolute Gasteiger partial charge is 0.386 e. The number of aliphatic hydroxyl groups excluding tert-OH is 1. The number of benzene rings is 1. The summed E-state index contributed by atoms with van der Waals surface area (Å²) >= 11 is 21.5. The van der Waals surface area contributed by atoms with Crippen LogP contribution in [0.25, 0.3) is 22.2 Å². The van der Waals surface area contributed by atoms with Crippen molar-refractivity contribution in [2.75, 3.05) is 13.2 Å². The summed E-state index contributed by atoms with van der Waals surface area (Å²) in [6, 6.07) is 3.06. The molecule has 0 radical (unpaired) electrons. The predicted molar refractivity (Wildman–Crippen MR) is 161 cm³/mol. The molecule has 0 spiro atoms. The first-order valence-corrected chi connectivity index (χ1v) is 19.0. The predicted octanol–water partition coefficient (Wildman–Crippen LogP) is 3.04. The van der Waals surface area contributed by atoms with Gasteiger partial charge < -0.3 is 33.5 Å². The number of aromatic nitrogens is 6. The second-order valence-electron chi connectivity index (χ2n) is 10.2. The van der Waals surface area contributed by atoms with Crippen LogP contribution in [0.3, 0.4) is 0 Å². The van der Waals surface area contributed by atoms with Crippen molar-refractivity contribution in [3.63, 3.8) is 0 Å². The molecule has 0 aliphatic carbocycles. The zero-order chi connectivity index (χ0) is 31.8. The molecule has 6 heterocycles. The molecular formula is C22H21Cl2FN6O10P2S2. The maximum atomic E-state index is 16.0. The van der Waals surface area contributed by atoms with Crippen molar-refractivity contribution in [3.8, 4) is 0 Å². The Kier molecular flexibility index (Phi) is 8.44. The van der Waals surface area contributed by atoms with Gasteiger partial charge in [0, 0.05) is 0 Å². The third kappa shape index (κ3) is 5.91. The number of nitrogens with one attached hydrogen (secondary N) is 1. The Bertz CT molecular complexity index is 1950. The highest BCUT2D eigenvalue weighted by Gasteiger charge is 2.53. The van der Waals surface area contributed by atoms with Crippen LogP contribution in [-0.4, -0.2) is 89.0 Å². The summed E-state index contributed by atoms with van der Waals surface area (Å²) in [7, 11) is 0. The second-order valence-corrected chi connectivity index (χ2v) is 16.7. The van der Waals surface area contributed by atoms with E-state index in [1.165, 1.54) is 23.0 Å². The van der Waals surface area contributed by atoms with Crippen LogP contribution in [0.15, 0.2) is 35.9 Å². The molecule has 3 aliphatic heterocycles. The number of fused-ring (bicyclic) bond motifs is 4. The van der Waals surface area contributed by atoms with Gasteiger partial charge >= 0.3 is 13.5 Å². The molecule has 0 bridgehead atoms. The van der Waals surface area contributed by atoms with Gasteiger partial charge in [-0.3, -0.25) is 22.9 Å². The summed E-state index contributed by atoms with van der Waals surface area (Å²) < 4.78 is 66.0. The van der Waals surface area contributed by atoms with Crippen LogP contribution in [0, 0.1) is 0 Å². The fraction of sp³-hybridized carbons (Fsp3) is 0.455. The molecule has 16 nitrogen and oxygen atoms in total. The third-order valence-electron chi connectivity index (χ3n) is 7.42. The molecule has 10 atom stereocenters. The molecule has 45 heavy (non-hydrogen) atoms. The minimum Gasteiger partial charge on any atom is -0.386 e. The number of ether oxygens (including phenoxy) is 2. The first-order chi connectivity index (χ1) is 21.3. The topological polar surface area (TPSA) is 194 Å². The van der Waals surface area contributed by atoms with Crippen LogP contribution < -0.4 is 5.56 Å². The molecule has 23 heteroatoms. The van der Waals surface area contributed by atoms with E-state index >= 15 is 4.39 Å². The molecule has 7 rings (SSSR count). The van der Waals surface area contributed by atoms with Crippen molar-refractivity contribution in [3.05, 3.63) is 51.5 Å². The van der Waals surface area contributed by atoms with Gasteiger partial charge in [-0.05, 0) is 23.9 Å². The number of hydrogen-bond acceptors (Lipinski definition) is 13. The maximum absolute atomic E-state index is 16.0. The molecule has 3 fully saturated rings. The van der Waals surface area contributed by atoms with Crippen LogP contribution in [0.1, 0.15) is 12.5 Å². The minimum absolute atomic E-state index is 0.00936. The van der Waals surface area contributed by atoms with Gasteiger partial charge in [-0.25, -0.2) is 23.9 Å². The molecule has 242 valence electrons. The van der Waals surface area contributed by atoms with Crippen LogP contribution >= 0.6 is 49.0 Å². The number of rotatable bonds is 2. The molecule has 4 aromatic rings. The number of thiol groups is 1. The van der Waals surface area contributed by atoms with Crippen molar-refractivity contribution in [2.45, 2.75) is 49.1 Å². The summed E-state index contributed by atoms with van der Waals surface area (Å²) in [4.78, 5) is 37.7. The van der Waals surface area contributed by atoms with Gasteiger partial charge in [-0.1, -0.05) is 35.5 Å². The van der Waals surface area contributed by atoms with Gasteiger partial charge in [-0.2, -0.15) is 0 Å². The molecule has 0 amide bonds. The van der Waals surface area contributed by atoms with E-state index in [4.69, 9.17) is 62.6 Å². The van der Waals surface area contributed by atoms with Gasteiger partial charge in [-0.15, -0.1) is 0 Å². The van der Waals surface area contributed by atoms with Gasteiger partial charge in [0.15, 0.2) is 29.8 Å². The Morgan fingerprint density at radius 1 is 1.02 bits per heavy atom. The van der Waals surface area contributed by atoms with Crippen LogP contribution in [0.4, 0.5) is 4.39 Å². The van der Waals surface area contributed by atoms with Gasteiger partial charge in [0.05, 0.1) is 53.3 Å². The van der Waals surface area contributed by atoms with E-state index in [0.29, 0.717) is 11.0 Å². The fourth-order valence-electron chi connectivity index (χ4n) is 5.37. The van der Waals surface area contributed by atoms with Gasteiger partial charge in [0.2, 0.25) is 0 Å². The first-order valence-electron chi connectivity index (χ1n) is 13.0. The lowest BCUT2D eigenvalue weighted by molar-refractivity contribution is -0.0569. The molecule has 3 N–H and O–H groups in total. The SMILES string of the molecule is O=c1[nH]cnc2c1ncn2[C@@H]1O[C@@H]2COP(O)(=S)OC3C(O)[C@H](n4cnc5cc(Cl)c(Cl)cc54)O[C@@H]3COP(=O)(S)OC2C1F. The zero-order valence-electron chi connectivity index (χ0n) is 22.2. The Morgan fingerprint density at radius 3 is 2.51 bits per heavy atom. The lowest BCUT2D eigenvalue weighted by atomic mass is 10.1. The first kappa shape index (κ1) is 32.0. The summed E-state index contributed by atoms with van der Waals surface area (Å²) in [6.45, 7) is -9.72. The van der Waals surface area contributed by atoms with Crippen LogP contribution in [0.2, 0.25) is 10.0 Å². The number of halogens is 3. The Labute approximate surface area is 271 Å². The van der Waals surface area contributed by atoms with E-state index in [2.05, 4.69) is 32.2 Å². The average Bonchev–Trinajstić information content (AvgIpc) is 3.73. The van der Waals surface area contributed by atoms with Crippen molar-refractivity contribution in [2.24, 2.45) is 0 Å². The number of alkyl halides is 1. The normalized spacial score (nSPS) is 37.7. The van der Waals surface area contributed by atoms with Crippen molar-refractivity contribution < 1.29 is 46.5 Å². The Morgan fingerprint density at radius 2 is 1.71 bits per heavy atom. The number of aromatic amines is 1. The highest BCUT2D eigenvalue weighted by atomic mass is 35.5. The lowest BCUT2D eigenvalue weighted by Crippen LogP contribution is -2.38. The van der Waals surface area contributed by atoms with E-state index in [0.717, 1.165) is 17.2 Å². The standard InChI is InChI=1S/C22H21Cl2FN6O10P2S2/c23-8-1-10-11(2-9(8)24)30(6-28-10)22-16(32)18-13(39-22)4-37-42(34,44)40-17-12(3-36-43(35,45)41-18)38-21(14(17)25)31-7-29-15-19(31)26-5-27-20(15)33/h1-2,5-7,12-14,16-18,21-22,32H,3-4H2,(H,34,44)(H,35,45)(H,26,27,33)/t12-,13-,14?,16?,17?,18?,21-,22-,42?,43?/m1/s1. The van der Waals surface area contributed by atoms with Crippen molar-refractivity contribution >= 4 is 83.0 Å². The Hall–Kier alpha value is -1.54. The van der Waals surface area contributed by atoms with E-state index in [9.17, 15) is 19.4 Å². The number of H-pyrrole nitrogens is 1.